The van der Waals surface area contributed by atoms with Crippen LogP contribution in [0.15, 0.2) is 42.6 Å². The molecular formula is C19H18F3N3O2. The molecule has 1 aliphatic rings. The van der Waals surface area contributed by atoms with Gasteiger partial charge in [-0.05, 0) is 37.3 Å². The molecule has 1 saturated heterocycles. The lowest BCUT2D eigenvalue weighted by Crippen LogP contribution is -2.50. The first-order chi connectivity index (χ1) is 12.8. The van der Waals surface area contributed by atoms with E-state index in [1.165, 1.54) is 23.2 Å². The highest BCUT2D eigenvalue weighted by Crippen LogP contribution is 2.29. The van der Waals surface area contributed by atoms with Gasteiger partial charge in [-0.3, -0.25) is 14.6 Å². The Morgan fingerprint density at radius 1 is 0.926 bits per heavy atom. The van der Waals surface area contributed by atoms with E-state index in [1.54, 1.807) is 17.0 Å². The van der Waals surface area contributed by atoms with Gasteiger partial charge in [-0.25, -0.2) is 0 Å². The minimum absolute atomic E-state index is 0.00710. The van der Waals surface area contributed by atoms with E-state index in [9.17, 15) is 22.8 Å². The Morgan fingerprint density at radius 2 is 1.52 bits per heavy atom. The Bertz CT molecular complexity index is 842. The third-order valence-corrected chi connectivity index (χ3v) is 4.45. The van der Waals surface area contributed by atoms with Gasteiger partial charge in [-0.15, -0.1) is 0 Å². The van der Waals surface area contributed by atoms with Crippen LogP contribution in [0.1, 0.15) is 32.0 Å². The van der Waals surface area contributed by atoms with Crippen LogP contribution in [0, 0.1) is 6.92 Å². The molecule has 0 saturated carbocycles. The molecule has 0 atom stereocenters. The Hall–Kier alpha value is -2.90. The average Bonchev–Trinajstić information content (AvgIpc) is 2.67. The molecule has 0 bridgehead atoms. The fourth-order valence-corrected chi connectivity index (χ4v) is 2.90. The summed E-state index contributed by atoms with van der Waals surface area (Å²) in [7, 11) is 0. The summed E-state index contributed by atoms with van der Waals surface area (Å²) in [4.78, 5) is 32.2. The van der Waals surface area contributed by atoms with Crippen molar-refractivity contribution in [1.29, 1.82) is 0 Å². The first kappa shape index (κ1) is 18.9. The average molecular weight is 377 g/mol. The molecule has 3 rings (SSSR count). The number of carbonyl (C=O) groups excluding carboxylic acids is 2. The van der Waals surface area contributed by atoms with Gasteiger partial charge in [0.1, 0.15) is 0 Å². The van der Waals surface area contributed by atoms with Crippen molar-refractivity contribution >= 4 is 11.8 Å². The molecule has 5 nitrogen and oxygen atoms in total. The number of carbonyl (C=O) groups is 2. The van der Waals surface area contributed by atoms with Gasteiger partial charge in [0.2, 0.25) is 0 Å². The van der Waals surface area contributed by atoms with E-state index in [1.807, 2.05) is 6.92 Å². The number of halogens is 3. The Morgan fingerprint density at radius 3 is 2.04 bits per heavy atom. The van der Waals surface area contributed by atoms with Gasteiger partial charge in [-0.2, -0.15) is 13.2 Å². The first-order valence-electron chi connectivity index (χ1n) is 8.44. The maximum Gasteiger partial charge on any atom is 0.416 e. The lowest BCUT2D eigenvalue weighted by Gasteiger charge is -2.35. The van der Waals surface area contributed by atoms with Gasteiger partial charge in [-0.1, -0.05) is 6.07 Å². The number of rotatable bonds is 2. The summed E-state index contributed by atoms with van der Waals surface area (Å²) in [6.45, 7) is 2.99. The van der Waals surface area contributed by atoms with Crippen LogP contribution in [0.3, 0.4) is 0 Å². The number of hydrogen-bond acceptors (Lipinski definition) is 3. The number of hydrogen-bond donors (Lipinski definition) is 0. The van der Waals surface area contributed by atoms with Crippen LogP contribution < -0.4 is 0 Å². The van der Waals surface area contributed by atoms with E-state index >= 15 is 0 Å². The van der Waals surface area contributed by atoms with Gasteiger partial charge >= 0.3 is 6.18 Å². The number of alkyl halides is 3. The van der Waals surface area contributed by atoms with E-state index in [4.69, 9.17) is 0 Å². The fraction of sp³-hybridized carbons (Fsp3) is 0.316. The highest BCUT2D eigenvalue weighted by molar-refractivity contribution is 5.96. The number of amides is 2. The van der Waals surface area contributed by atoms with Crippen LogP contribution >= 0.6 is 0 Å². The highest BCUT2D eigenvalue weighted by Gasteiger charge is 2.32. The zero-order chi connectivity index (χ0) is 19.6. The van der Waals surface area contributed by atoms with Crippen molar-refractivity contribution in [1.82, 2.24) is 14.8 Å². The van der Waals surface area contributed by atoms with E-state index in [0.29, 0.717) is 18.7 Å². The fourth-order valence-electron chi connectivity index (χ4n) is 2.90. The van der Waals surface area contributed by atoms with Gasteiger partial charge in [0.05, 0.1) is 11.1 Å². The molecule has 0 radical (unpaired) electrons. The molecule has 1 aliphatic heterocycles. The molecule has 2 heterocycles. The smallest absolute Gasteiger partial charge is 0.335 e. The number of aryl methyl sites for hydroxylation is 1. The second-order valence-electron chi connectivity index (χ2n) is 6.35. The molecule has 1 aromatic carbocycles. The van der Waals surface area contributed by atoms with Crippen LogP contribution in [0.5, 0.6) is 0 Å². The number of benzene rings is 1. The summed E-state index contributed by atoms with van der Waals surface area (Å²) in [5.74, 6) is -0.640. The molecule has 1 aromatic heterocycles. The van der Waals surface area contributed by atoms with Crippen molar-refractivity contribution in [2.24, 2.45) is 0 Å². The lowest BCUT2D eigenvalue weighted by atomic mass is 10.1. The van der Waals surface area contributed by atoms with Crippen LogP contribution in [0.25, 0.3) is 0 Å². The highest BCUT2D eigenvalue weighted by atomic mass is 19.4. The number of pyridine rings is 1. The lowest BCUT2D eigenvalue weighted by molar-refractivity contribution is -0.137. The molecule has 0 N–H and O–H groups in total. The van der Waals surface area contributed by atoms with E-state index < -0.39 is 17.6 Å². The minimum Gasteiger partial charge on any atom is -0.335 e. The number of piperazine rings is 1. The van der Waals surface area contributed by atoms with Crippen molar-refractivity contribution in [2.75, 3.05) is 26.2 Å². The summed E-state index contributed by atoms with van der Waals surface area (Å²) in [6, 6.07) is 7.83. The molecule has 142 valence electrons. The predicted octanol–water partition coefficient (Wildman–Crippen LogP) is 3.01. The normalized spacial score (nSPS) is 15.0. The summed E-state index contributed by atoms with van der Waals surface area (Å²) in [5, 5.41) is 0. The Labute approximate surface area is 154 Å². The molecule has 1 fully saturated rings. The van der Waals surface area contributed by atoms with Gasteiger partial charge in [0.25, 0.3) is 11.8 Å². The maximum atomic E-state index is 12.8. The van der Waals surface area contributed by atoms with Crippen LogP contribution in [0.2, 0.25) is 0 Å². The third kappa shape index (κ3) is 4.27. The number of nitrogens with zero attached hydrogens (tertiary/aromatic N) is 3. The molecule has 8 heteroatoms. The van der Waals surface area contributed by atoms with E-state index in [-0.39, 0.29) is 24.6 Å². The van der Waals surface area contributed by atoms with Crippen LogP contribution in [-0.2, 0) is 6.18 Å². The monoisotopic (exact) mass is 377 g/mol. The first-order valence-corrected chi connectivity index (χ1v) is 8.44. The van der Waals surface area contributed by atoms with Crippen molar-refractivity contribution in [3.63, 3.8) is 0 Å². The predicted molar refractivity (Wildman–Crippen MR) is 92.2 cm³/mol. The van der Waals surface area contributed by atoms with Crippen molar-refractivity contribution in [3.05, 3.63) is 65.0 Å². The van der Waals surface area contributed by atoms with Crippen molar-refractivity contribution < 1.29 is 22.8 Å². The van der Waals surface area contributed by atoms with Gasteiger partial charge in [0.15, 0.2) is 0 Å². The molecule has 0 spiro atoms. The van der Waals surface area contributed by atoms with Gasteiger partial charge < -0.3 is 9.80 Å². The summed E-state index contributed by atoms with van der Waals surface area (Å²) >= 11 is 0. The molecule has 2 amide bonds. The van der Waals surface area contributed by atoms with Crippen LogP contribution in [0.4, 0.5) is 13.2 Å². The third-order valence-electron chi connectivity index (χ3n) is 4.45. The zero-order valence-electron chi connectivity index (χ0n) is 14.7. The molecule has 2 aromatic rings. The minimum atomic E-state index is -4.50. The number of aromatic nitrogens is 1. The molecule has 27 heavy (non-hydrogen) atoms. The topological polar surface area (TPSA) is 53.5 Å². The quantitative estimate of drug-likeness (QED) is 0.809. The second kappa shape index (κ2) is 7.38. The summed E-state index contributed by atoms with van der Waals surface area (Å²) < 4.78 is 38.5. The summed E-state index contributed by atoms with van der Waals surface area (Å²) in [5.41, 5.74) is 0.419. The SMILES string of the molecule is Cc1ccc(C(=O)N2CCN(C(=O)c3cccc(C(F)(F)F)c3)CC2)cn1. The summed E-state index contributed by atoms with van der Waals surface area (Å²) in [6.07, 6.45) is -2.98. The zero-order valence-corrected chi connectivity index (χ0v) is 14.7. The largest absolute Gasteiger partial charge is 0.416 e. The molecule has 0 aliphatic carbocycles. The van der Waals surface area contributed by atoms with E-state index in [2.05, 4.69) is 4.98 Å². The van der Waals surface area contributed by atoms with Crippen LogP contribution in [-0.4, -0.2) is 52.8 Å². The van der Waals surface area contributed by atoms with Gasteiger partial charge in [0, 0.05) is 43.6 Å². The Balaban J connectivity index is 1.64. The van der Waals surface area contributed by atoms with Crippen molar-refractivity contribution in [2.45, 2.75) is 13.1 Å². The maximum absolute atomic E-state index is 12.8. The molecular weight excluding hydrogens is 359 g/mol. The Kier molecular flexibility index (Phi) is 5.16. The van der Waals surface area contributed by atoms with Crippen molar-refractivity contribution in [3.8, 4) is 0 Å². The van der Waals surface area contributed by atoms with E-state index in [0.717, 1.165) is 17.8 Å². The standard InChI is InChI=1S/C19H18F3N3O2/c1-13-5-6-15(12-23-13)18(27)25-9-7-24(8-10-25)17(26)14-3-2-4-16(11-14)19(20,21)22/h2-6,11-12H,7-10H2,1H3. The molecule has 0 unspecified atom stereocenters. The second-order valence-corrected chi connectivity index (χ2v) is 6.35.